The molecular formula is C37H56O12. The van der Waals surface area contributed by atoms with Crippen molar-refractivity contribution in [2.75, 3.05) is 66.1 Å². The van der Waals surface area contributed by atoms with Crippen molar-refractivity contribution in [3.63, 3.8) is 0 Å². The highest BCUT2D eigenvalue weighted by Gasteiger charge is 2.40. The van der Waals surface area contributed by atoms with Gasteiger partial charge in [0.1, 0.15) is 44.7 Å². The Bertz CT molecular complexity index is 1250. The summed E-state index contributed by atoms with van der Waals surface area (Å²) in [6, 6.07) is 14.5. The van der Waals surface area contributed by atoms with E-state index in [2.05, 4.69) is 13.8 Å². The van der Waals surface area contributed by atoms with Crippen LogP contribution in [-0.4, -0.2) is 112 Å². The van der Waals surface area contributed by atoms with Crippen molar-refractivity contribution in [3.05, 3.63) is 48.5 Å². The minimum atomic E-state index is -0.846. The Kier molecular flexibility index (Phi) is 14.8. The van der Waals surface area contributed by atoms with Crippen molar-refractivity contribution in [2.45, 2.75) is 90.0 Å². The molecule has 2 aliphatic rings. The number of para-hydroxylation sites is 4. The van der Waals surface area contributed by atoms with Gasteiger partial charge in [-0.3, -0.25) is 0 Å². The first-order chi connectivity index (χ1) is 23.5. The van der Waals surface area contributed by atoms with E-state index in [-0.39, 0.29) is 58.3 Å². The molecule has 12 nitrogen and oxygen atoms in total. The van der Waals surface area contributed by atoms with Crippen LogP contribution in [0.15, 0.2) is 48.5 Å². The van der Waals surface area contributed by atoms with Crippen molar-refractivity contribution in [2.24, 2.45) is 5.41 Å². The second-order valence-electron chi connectivity index (χ2n) is 13.8. The maximum absolute atomic E-state index is 10.5. The lowest BCUT2D eigenvalue weighted by Gasteiger charge is -2.42. The zero-order chi connectivity index (χ0) is 35.3. The fourth-order valence-corrected chi connectivity index (χ4v) is 5.05. The third kappa shape index (κ3) is 11.7. The summed E-state index contributed by atoms with van der Waals surface area (Å²) < 4.78 is 48.8. The zero-order valence-electron chi connectivity index (χ0n) is 29.9. The minimum Gasteiger partial charge on any atom is -0.487 e. The molecule has 0 radical (unpaired) electrons. The Morgan fingerprint density at radius 3 is 1.41 bits per heavy atom. The van der Waals surface area contributed by atoms with E-state index in [1.54, 1.807) is 24.3 Å². The van der Waals surface area contributed by atoms with E-state index >= 15 is 0 Å². The smallest absolute Gasteiger partial charge is 0.161 e. The summed E-state index contributed by atoms with van der Waals surface area (Å²) in [5.41, 5.74) is -1.79. The molecule has 0 bridgehead atoms. The van der Waals surface area contributed by atoms with E-state index in [1.165, 1.54) is 0 Å². The second kappa shape index (κ2) is 18.5. The number of ether oxygens (including phenoxy) is 8. The molecule has 4 unspecified atom stereocenters. The van der Waals surface area contributed by atoms with Crippen LogP contribution in [0.3, 0.4) is 0 Å². The maximum Gasteiger partial charge on any atom is 0.161 e. The molecule has 2 aromatic rings. The topological polar surface area (TPSA) is 133 Å². The summed E-state index contributed by atoms with van der Waals surface area (Å²) in [5, 5.41) is 21.0. The van der Waals surface area contributed by atoms with Crippen LogP contribution in [-0.2, 0) is 28.7 Å². The van der Waals surface area contributed by atoms with E-state index in [1.807, 2.05) is 52.0 Å². The summed E-state index contributed by atoms with van der Waals surface area (Å²) in [4.78, 5) is 12.1. The van der Waals surface area contributed by atoms with Crippen LogP contribution in [0.4, 0.5) is 0 Å². The number of rotatable bonds is 5. The van der Waals surface area contributed by atoms with Crippen molar-refractivity contribution in [3.8, 4) is 23.0 Å². The van der Waals surface area contributed by atoms with Crippen LogP contribution in [0.1, 0.15) is 54.4 Å². The first kappa shape index (κ1) is 39.1. The number of hydrogen-bond donors (Lipinski definition) is 2. The van der Waals surface area contributed by atoms with Crippen molar-refractivity contribution < 1.29 is 57.9 Å². The summed E-state index contributed by atoms with van der Waals surface area (Å²) in [5.74, 6) is 1.95. The summed E-state index contributed by atoms with van der Waals surface area (Å²) in [7, 11) is 0. The van der Waals surface area contributed by atoms with Crippen LogP contribution >= 0.6 is 0 Å². The Morgan fingerprint density at radius 1 is 0.551 bits per heavy atom. The Labute approximate surface area is 290 Å². The van der Waals surface area contributed by atoms with Gasteiger partial charge in [0.25, 0.3) is 0 Å². The van der Waals surface area contributed by atoms with Gasteiger partial charge in [0, 0.05) is 5.41 Å². The van der Waals surface area contributed by atoms with Gasteiger partial charge in [0.15, 0.2) is 29.1 Å². The molecule has 0 spiro atoms. The Morgan fingerprint density at radius 2 is 0.939 bits per heavy atom. The number of benzene rings is 2. The number of hydrogen-bond acceptors (Lipinski definition) is 12. The third-order valence-electron chi connectivity index (χ3n) is 9.38. The fourth-order valence-electron chi connectivity index (χ4n) is 5.05. The number of fused-ring (bicyclic) bond motifs is 2. The molecular weight excluding hydrogens is 636 g/mol. The first-order valence-corrected chi connectivity index (χ1v) is 17.3. The lowest BCUT2D eigenvalue weighted by molar-refractivity contribution is -0.370. The van der Waals surface area contributed by atoms with Gasteiger partial charge < -0.3 is 48.1 Å². The average molecular weight is 693 g/mol. The van der Waals surface area contributed by atoms with Gasteiger partial charge in [0.05, 0.1) is 50.8 Å². The molecule has 49 heavy (non-hydrogen) atoms. The number of aliphatic hydroxyl groups excluding tert-OH is 2. The van der Waals surface area contributed by atoms with Crippen molar-refractivity contribution >= 4 is 0 Å². The van der Waals surface area contributed by atoms with Gasteiger partial charge in [-0.05, 0) is 64.8 Å². The van der Waals surface area contributed by atoms with Gasteiger partial charge >= 0.3 is 0 Å². The Hall–Kier alpha value is -2.68. The SMILES string of the molecule is CCC1(CC)COCC(O)COc2ccccc2OCC(OOC2COc3ccccc3OCC(O)COC(C)(C)C(C)(C)OC2)COC1. The van der Waals surface area contributed by atoms with E-state index in [0.29, 0.717) is 36.2 Å². The summed E-state index contributed by atoms with van der Waals surface area (Å²) in [6.45, 7) is 13.5. The third-order valence-corrected chi connectivity index (χ3v) is 9.38. The predicted molar refractivity (Wildman–Crippen MR) is 181 cm³/mol. The van der Waals surface area contributed by atoms with E-state index in [0.717, 1.165) is 12.8 Å². The molecule has 2 aliphatic heterocycles. The highest BCUT2D eigenvalue weighted by atomic mass is 17.2. The molecule has 4 rings (SSSR count). The van der Waals surface area contributed by atoms with Crippen LogP contribution in [0.5, 0.6) is 23.0 Å². The Balaban J connectivity index is 1.52. The highest BCUT2D eigenvalue weighted by molar-refractivity contribution is 5.40. The molecule has 0 amide bonds. The molecule has 2 N–H and O–H groups in total. The summed E-state index contributed by atoms with van der Waals surface area (Å²) >= 11 is 0. The maximum atomic E-state index is 10.5. The van der Waals surface area contributed by atoms with E-state index < -0.39 is 35.6 Å². The van der Waals surface area contributed by atoms with Gasteiger partial charge in [0.2, 0.25) is 0 Å². The quantitative estimate of drug-likeness (QED) is 0.331. The van der Waals surface area contributed by atoms with Gasteiger partial charge in [-0.25, -0.2) is 9.78 Å². The average Bonchev–Trinajstić information content (AvgIpc) is 3.10. The normalized spacial score (nSPS) is 27.1. The van der Waals surface area contributed by atoms with E-state index in [4.69, 9.17) is 47.7 Å². The monoisotopic (exact) mass is 692 g/mol. The molecule has 0 aliphatic carbocycles. The summed E-state index contributed by atoms with van der Waals surface area (Å²) in [6.07, 6.45) is -1.31. The van der Waals surface area contributed by atoms with Gasteiger partial charge in [-0.15, -0.1) is 0 Å². The molecule has 2 aromatic carbocycles. The zero-order valence-corrected chi connectivity index (χ0v) is 29.9. The molecule has 4 atom stereocenters. The molecule has 0 saturated heterocycles. The van der Waals surface area contributed by atoms with Crippen LogP contribution in [0, 0.1) is 5.41 Å². The lowest BCUT2D eigenvalue weighted by Crippen LogP contribution is -2.52. The lowest BCUT2D eigenvalue weighted by atomic mass is 9.84. The molecule has 2 heterocycles. The fraction of sp³-hybridized carbons (Fsp3) is 0.676. The molecule has 0 fully saturated rings. The highest BCUT2D eigenvalue weighted by Crippen LogP contribution is 2.32. The molecule has 276 valence electrons. The van der Waals surface area contributed by atoms with Crippen LogP contribution in [0.2, 0.25) is 0 Å². The number of aliphatic hydroxyl groups is 2. The second-order valence-corrected chi connectivity index (χ2v) is 13.8. The van der Waals surface area contributed by atoms with Crippen molar-refractivity contribution in [1.82, 2.24) is 0 Å². The largest absolute Gasteiger partial charge is 0.487 e. The molecule has 0 saturated carbocycles. The first-order valence-electron chi connectivity index (χ1n) is 17.3. The standard InChI is InChI=1S/C37H56O12/c1-7-37(8-2)25-40-17-27(38)18-42-31-13-9-11-15-33(31)44-22-29(21-41-26-37)48-49-30-23-45-34-16-12-10-14-32(34)43-19-28(39)20-46-35(3,4)36(5,6)47-24-30/h9-16,27-30,38-39H,7-8,17-26H2,1-6H3. The van der Waals surface area contributed by atoms with Gasteiger partial charge in [-0.2, -0.15) is 0 Å². The minimum absolute atomic E-state index is 0.0285. The molecule has 12 heteroatoms. The van der Waals surface area contributed by atoms with Crippen LogP contribution < -0.4 is 18.9 Å². The molecule has 0 aromatic heterocycles. The van der Waals surface area contributed by atoms with Crippen LogP contribution in [0.25, 0.3) is 0 Å². The van der Waals surface area contributed by atoms with E-state index in [9.17, 15) is 10.2 Å². The predicted octanol–water partition coefficient (Wildman–Crippen LogP) is 4.77. The van der Waals surface area contributed by atoms with Gasteiger partial charge in [-0.1, -0.05) is 38.1 Å². The van der Waals surface area contributed by atoms with Crippen molar-refractivity contribution in [1.29, 1.82) is 0 Å².